The second kappa shape index (κ2) is 5.81. The molecule has 3 rings (SSSR count). The summed E-state index contributed by atoms with van der Waals surface area (Å²) in [6.07, 6.45) is 4.31. The molecule has 5 heteroatoms. The van der Waals surface area contributed by atoms with E-state index in [1.54, 1.807) is 11.3 Å². The zero-order valence-electron chi connectivity index (χ0n) is 11.3. The molecule has 1 unspecified atom stereocenters. The molecule has 1 amide bonds. The van der Waals surface area contributed by atoms with Gasteiger partial charge in [0.15, 0.2) is 0 Å². The van der Waals surface area contributed by atoms with Crippen molar-refractivity contribution < 1.29 is 4.79 Å². The van der Waals surface area contributed by atoms with Crippen molar-refractivity contribution in [2.75, 3.05) is 6.54 Å². The molecule has 1 aliphatic carbocycles. The van der Waals surface area contributed by atoms with Gasteiger partial charge in [-0.3, -0.25) is 4.79 Å². The van der Waals surface area contributed by atoms with Gasteiger partial charge in [-0.25, -0.2) is 0 Å². The van der Waals surface area contributed by atoms with Crippen molar-refractivity contribution in [3.8, 4) is 0 Å². The summed E-state index contributed by atoms with van der Waals surface area (Å²) in [5, 5.41) is 5.12. The molecule has 0 bridgehead atoms. The van der Waals surface area contributed by atoms with Crippen molar-refractivity contribution >= 4 is 17.2 Å². The molecule has 1 atom stereocenters. The summed E-state index contributed by atoms with van der Waals surface area (Å²) in [5.74, 6) is 0.554. The van der Waals surface area contributed by atoms with Crippen molar-refractivity contribution in [3.63, 3.8) is 0 Å². The zero-order chi connectivity index (χ0) is 13.9. The maximum atomic E-state index is 12.4. The predicted molar refractivity (Wildman–Crippen MR) is 80.9 cm³/mol. The largest absolute Gasteiger partial charge is 0.346 e. The maximum absolute atomic E-state index is 12.4. The number of nitrogens with two attached hydrogens (primary N) is 1. The van der Waals surface area contributed by atoms with Crippen LogP contribution in [-0.4, -0.2) is 23.1 Å². The Morgan fingerprint density at radius 2 is 2.30 bits per heavy atom. The van der Waals surface area contributed by atoms with E-state index in [9.17, 15) is 4.79 Å². The smallest absolute Gasteiger partial charge is 0.268 e. The maximum Gasteiger partial charge on any atom is 0.268 e. The minimum atomic E-state index is -0.0195. The third-order valence-corrected chi connectivity index (χ3v) is 4.59. The molecule has 1 saturated carbocycles. The van der Waals surface area contributed by atoms with Crippen LogP contribution in [0.3, 0.4) is 0 Å². The Morgan fingerprint density at radius 3 is 2.95 bits per heavy atom. The van der Waals surface area contributed by atoms with E-state index in [4.69, 9.17) is 5.73 Å². The van der Waals surface area contributed by atoms with E-state index < -0.39 is 0 Å². The summed E-state index contributed by atoms with van der Waals surface area (Å²) in [4.78, 5) is 13.6. The van der Waals surface area contributed by atoms with Crippen LogP contribution in [0, 0.1) is 5.92 Å². The summed E-state index contributed by atoms with van der Waals surface area (Å²) in [5.41, 5.74) is 6.45. The molecule has 2 aromatic heterocycles. The van der Waals surface area contributed by atoms with Gasteiger partial charge in [-0.1, -0.05) is 6.07 Å². The van der Waals surface area contributed by atoms with Crippen LogP contribution in [0.15, 0.2) is 35.8 Å². The van der Waals surface area contributed by atoms with Gasteiger partial charge in [0.2, 0.25) is 0 Å². The number of amides is 1. The van der Waals surface area contributed by atoms with Crippen LogP contribution >= 0.6 is 11.3 Å². The quantitative estimate of drug-likeness (QED) is 0.855. The lowest BCUT2D eigenvalue weighted by atomic mass is 10.2. The van der Waals surface area contributed by atoms with Crippen LogP contribution in [0.4, 0.5) is 0 Å². The Labute approximate surface area is 122 Å². The summed E-state index contributed by atoms with van der Waals surface area (Å²) in [7, 11) is 0. The van der Waals surface area contributed by atoms with Gasteiger partial charge in [0.25, 0.3) is 5.91 Å². The van der Waals surface area contributed by atoms with Crippen LogP contribution in [0.5, 0.6) is 0 Å². The van der Waals surface area contributed by atoms with E-state index in [2.05, 4.69) is 16.8 Å². The zero-order valence-corrected chi connectivity index (χ0v) is 12.1. The van der Waals surface area contributed by atoms with E-state index in [-0.39, 0.29) is 11.9 Å². The lowest BCUT2D eigenvalue weighted by Crippen LogP contribution is -2.42. The number of rotatable bonds is 6. The van der Waals surface area contributed by atoms with Crippen LogP contribution in [-0.2, 0) is 6.54 Å². The van der Waals surface area contributed by atoms with Crippen LogP contribution < -0.4 is 11.1 Å². The minimum absolute atomic E-state index is 0.0195. The highest BCUT2D eigenvalue weighted by molar-refractivity contribution is 7.09. The normalized spacial score (nSPS) is 16.1. The lowest BCUT2D eigenvalue weighted by Gasteiger charge is -2.16. The Balaban J connectivity index is 1.70. The minimum Gasteiger partial charge on any atom is -0.346 e. The number of carbonyl (C=O) groups is 1. The lowest BCUT2D eigenvalue weighted by molar-refractivity contribution is 0.0924. The highest BCUT2D eigenvalue weighted by Crippen LogP contribution is 2.32. The first-order valence-corrected chi connectivity index (χ1v) is 7.84. The first kappa shape index (κ1) is 13.4. The Morgan fingerprint density at radius 1 is 1.45 bits per heavy atom. The highest BCUT2D eigenvalue weighted by atomic mass is 32.1. The monoisotopic (exact) mass is 289 g/mol. The van der Waals surface area contributed by atoms with E-state index in [1.165, 1.54) is 17.7 Å². The molecular weight excluding hydrogens is 270 g/mol. The first-order valence-electron chi connectivity index (χ1n) is 6.96. The van der Waals surface area contributed by atoms with Gasteiger partial charge < -0.3 is 15.6 Å². The van der Waals surface area contributed by atoms with Crippen molar-refractivity contribution in [2.24, 2.45) is 11.7 Å². The fraction of sp³-hybridized carbons (Fsp3) is 0.400. The van der Waals surface area contributed by atoms with E-state index in [0.29, 0.717) is 18.2 Å². The van der Waals surface area contributed by atoms with E-state index in [1.807, 2.05) is 29.0 Å². The van der Waals surface area contributed by atoms with Gasteiger partial charge in [0, 0.05) is 23.7 Å². The van der Waals surface area contributed by atoms with Gasteiger partial charge in [-0.2, -0.15) is 0 Å². The van der Waals surface area contributed by atoms with E-state index in [0.717, 1.165) is 6.54 Å². The topological polar surface area (TPSA) is 60.0 Å². The number of nitrogens with zero attached hydrogens (tertiary/aromatic N) is 1. The molecule has 4 nitrogen and oxygen atoms in total. The number of carbonyl (C=O) groups excluding carboxylic acids is 1. The molecule has 0 saturated heterocycles. The standard InChI is InChI=1S/C15H19N3OS/c16-9-13(11-5-6-11)17-15(19)14-4-1-7-18(14)10-12-3-2-8-20-12/h1-4,7-8,11,13H,5-6,9-10,16H2,(H,17,19). The van der Waals surface area contributed by atoms with Crippen molar-refractivity contribution in [2.45, 2.75) is 25.4 Å². The molecule has 0 radical (unpaired) electrons. The molecule has 0 aromatic carbocycles. The second-order valence-corrected chi connectivity index (χ2v) is 6.29. The number of aromatic nitrogens is 1. The molecule has 1 aliphatic rings. The Hall–Kier alpha value is -1.59. The van der Waals surface area contributed by atoms with Crippen LogP contribution in [0.25, 0.3) is 0 Å². The summed E-state index contributed by atoms with van der Waals surface area (Å²) in [6.45, 7) is 1.26. The Bertz CT molecular complexity index is 572. The third kappa shape index (κ3) is 2.94. The SMILES string of the molecule is NCC(NC(=O)c1cccn1Cc1cccs1)C1CC1. The predicted octanol–water partition coefficient (Wildman–Crippen LogP) is 2.06. The Kier molecular flexibility index (Phi) is 3.89. The molecule has 3 N–H and O–H groups in total. The van der Waals surface area contributed by atoms with Gasteiger partial charge in [-0.15, -0.1) is 11.3 Å². The average Bonchev–Trinajstić information content (AvgIpc) is 2.97. The third-order valence-electron chi connectivity index (χ3n) is 3.73. The van der Waals surface area contributed by atoms with Crippen molar-refractivity contribution in [1.82, 2.24) is 9.88 Å². The number of thiophene rings is 1. The summed E-state index contributed by atoms with van der Waals surface area (Å²) >= 11 is 1.70. The molecule has 0 spiro atoms. The number of hydrogen-bond donors (Lipinski definition) is 2. The van der Waals surface area contributed by atoms with Crippen LogP contribution in [0.1, 0.15) is 28.2 Å². The van der Waals surface area contributed by atoms with E-state index >= 15 is 0 Å². The van der Waals surface area contributed by atoms with Gasteiger partial charge >= 0.3 is 0 Å². The molecular formula is C15H19N3OS. The second-order valence-electron chi connectivity index (χ2n) is 5.25. The van der Waals surface area contributed by atoms with Gasteiger partial charge in [0.1, 0.15) is 5.69 Å². The summed E-state index contributed by atoms with van der Waals surface area (Å²) < 4.78 is 1.99. The highest BCUT2D eigenvalue weighted by Gasteiger charge is 2.31. The average molecular weight is 289 g/mol. The first-order chi connectivity index (χ1) is 9.78. The molecule has 1 fully saturated rings. The number of hydrogen-bond acceptors (Lipinski definition) is 3. The fourth-order valence-electron chi connectivity index (χ4n) is 2.44. The fourth-order valence-corrected chi connectivity index (χ4v) is 3.14. The summed E-state index contributed by atoms with van der Waals surface area (Å²) in [6, 6.07) is 8.01. The molecule has 2 heterocycles. The molecule has 106 valence electrons. The van der Waals surface area contributed by atoms with Crippen LogP contribution in [0.2, 0.25) is 0 Å². The van der Waals surface area contributed by atoms with Gasteiger partial charge in [0.05, 0.1) is 6.54 Å². The number of nitrogens with one attached hydrogen (secondary N) is 1. The molecule has 20 heavy (non-hydrogen) atoms. The van der Waals surface area contributed by atoms with Crippen molar-refractivity contribution in [1.29, 1.82) is 0 Å². The molecule has 2 aromatic rings. The van der Waals surface area contributed by atoms with Crippen molar-refractivity contribution in [3.05, 3.63) is 46.4 Å². The van der Waals surface area contributed by atoms with Gasteiger partial charge in [-0.05, 0) is 42.3 Å². The molecule has 0 aliphatic heterocycles.